The number of nitrogens with one attached hydrogen (secondary N) is 1. The van der Waals surface area contributed by atoms with Crippen LogP contribution in [0.3, 0.4) is 0 Å². The van der Waals surface area contributed by atoms with Crippen molar-refractivity contribution < 1.29 is 13.2 Å². The highest BCUT2D eigenvalue weighted by Crippen LogP contribution is 2.19. The van der Waals surface area contributed by atoms with Gasteiger partial charge in [-0.15, -0.1) is 0 Å². The number of hydrogen-bond acceptors (Lipinski definition) is 4. The molecule has 0 saturated carbocycles. The van der Waals surface area contributed by atoms with E-state index in [2.05, 4.69) is 10.4 Å². The van der Waals surface area contributed by atoms with Crippen molar-refractivity contribution >= 4 is 15.9 Å². The molecule has 25 heavy (non-hydrogen) atoms. The highest BCUT2D eigenvalue weighted by molar-refractivity contribution is 7.89. The van der Waals surface area contributed by atoms with Gasteiger partial charge in [0.15, 0.2) is 0 Å². The topological polar surface area (TPSA) is 84.3 Å². The monoisotopic (exact) mass is 364 g/mol. The van der Waals surface area contributed by atoms with Gasteiger partial charge in [0.25, 0.3) is 5.91 Å². The highest BCUT2D eigenvalue weighted by atomic mass is 32.2. The zero-order chi connectivity index (χ0) is 18.6. The molecule has 7 nitrogen and oxygen atoms in total. The minimum Gasteiger partial charge on any atom is -0.345 e. The fourth-order valence-corrected chi connectivity index (χ4v) is 4.00. The largest absolute Gasteiger partial charge is 0.345 e. The lowest BCUT2D eigenvalue weighted by molar-refractivity contribution is 0.0939. The van der Waals surface area contributed by atoms with E-state index in [4.69, 9.17) is 0 Å². The number of sulfonamides is 1. The quantitative estimate of drug-likeness (QED) is 0.814. The second-order valence-corrected chi connectivity index (χ2v) is 7.69. The van der Waals surface area contributed by atoms with Gasteiger partial charge in [0, 0.05) is 26.3 Å². The second kappa shape index (κ2) is 7.79. The van der Waals surface area contributed by atoms with E-state index >= 15 is 0 Å². The van der Waals surface area contributed by atoms with Crippen LogP contribution in [0, 0.1) is 0 Å². The molecule has 1 amide bonds. The van der Waals surface area contributed by atoms with Crippen molar-refractivity contribution in [3.05, 3.63) is 47.8 Å². The number of amides is 1. The van der Waals surface area contributed by atoms with Crippen molar-refractivity contribution in [2.24, 2.45) is 7.05 Å². The molecule has 136 valence electrons. The molecule has 0 aliphatic heterocycles. The SMILES string of the molecule is CCN(CC)S(=O)(=O)c1ccc(C(C)NC(=O)c2cnn(C)c2)cc1. The summed E-state index contributed by atoms with van der Waals surface area (Å²) in [5.74, 6) is -0.222. The van der Waals surface area contributed by atoms with Crippen LogP contribution in [-0.4, -0.2) is 41.5 Å². The maximum absolute atomic E-state index is 12.5. The number of aromatic nitrogens is 2. The lowest BCUT2D eigenvalue weighted by Crippen LogP contribution is -2.30. The molecule has 1 N–H and O–H groups in total. The number of benzene rings is 1. The van der Waals surface area contributed by atoms with Crippen LogP contribution in [0.1, 0.15) is 42.7 Å². The van der Waals surface area contributed by atoms with E-state index in [0.717, 1.165) is 5.56 Å². The van der Waals surface area contributed by atoms with Gasteiger partial charge >= 0.3 is 0 Å². The number of aryl methyl sites for hydroxylation is 1. The molecule has 0 aliphatic rings. The van der Waals surface area contributed by atoms with Crippen molar-refractivity contribution in [2.75, 3.05) is 13.1 Å². The Morgan fingerprint density at radius 3 is 2.32 bits per heavy atom. The Morgan fingerprint density at radius 1 is 1.24 bits per heavy atom. The smallest absolute Gasteiger partial charge is 0.254 e. The molecule has 0 aliphatic carbocycles. The molecule has 1 aromatic carbocycles. The first-order valence-electron chi connectivity index (χ1n) is 8.19. The lowest BCUT2D eigenvalue weighted by atomic mass is 10.1. The van der Waals surface area contributed by atoms with E-state index < -0.39 is 10.0 Å². The Morgan fingerprint density at radius 2 is 1.84 bits per heavy atom. The summed E-state index contributed by atoms with van der Waals surface area (Å²) in [7, 11) is -1.73. The van der Waals surface area contributed by atoms with E-state index in [0.29, 0.717) is 18.7 Å². The molecule has 8 heteroatoms. The van der Waals surface area contributed by atoms with E-state index in [1.165, 1.54) is 10.5 Å². The van der Waals surface area contributed by atoms with Crippen LogP contribution in [0.5, 0.6) is 0 Å². The van der Waals surface area contributed by atoms with Crippen LogP contribution < -0.4 is 5.32 Å². The first-order valence-corrected chi connectivity index (χ1v) is 9.63. The third-order valence-electron chi connectivity index (χ3n) is 4.04. The fourth-order valence-electron chi connectivity index (χ4n) is 2.54. The first-order chi connectivity index (χ1) is 11.8. The Hall–Kier alpha value is -2.19. The number of hydrogen-bond donors (Lipinski definition) is 1. The standard InChI is InChI=1S/C17H24N4O3S/c1-5-21(6-2)25(23,24)16-9-7-14(8-10-16)13(3)19-17(22)15-11-18-20(4)12-15/h7-13H,5-6H2,1-4H3,(H,19,22). The summed E-state index contributed by atoms with van der Waals surface area (Å²) < 4.78 is 27.9. The molecule has 1 aromatic heterocycles. The van der Waals surface area contributed by atoms with Crippen molar-refractivity contribution in [1.82, 2.24) is 19.4 Å². The van der Waals surface area contributed by atoms with E-state index in [1.807, 2.05) is 20.8 Å². The summed E-state index contributed by atoms with van der Waals surface area (Å²) in [6.45, 7) is 6.33. The zero-order valence-electron chi connectivity index (χ0n) is 14.9. The van der Waals surface area contributed by atoms with Gasteiger partial charge in [-0.25, -0.2) is 8.42 Å². The van der Waals surface area contributed by atoms with Gasteiger partial charge in [-0.05, 0) is 24.6 Å². The summed E-state index contributed by atoms with van der Waals surface area (Å²) in [4.78, 5) is 12.4. The van der Waals surface area contributed by atoms with Crippen molar-refractivity contribution in [1.29, 1.82) is 0 Å². The molecule has 1 unspecified atom stereocenters. The van der Waals surface area contributed by atoms with Gasteiger partial charge in [0.05, 0.1) is 22.7 Å². The average molecular weight is 364 g/mol. The third-order valence-corrected chi connectivity index (χ3v) is 6.10. The number of rotatable bonds is 7. The number of nitrogens with zero attached hydrogens (tertiary/aromatic N) is 3. The lowest BCUT2D eigenvalue weighted by Gasteiger charge is -2.19. The predicted octanol–water partition coefficient (Wildman–Crippen LogP) is 1.94. The molecular formula is C17H24N4O3S. The molecule has 0 radical (unpaired) electrons. The van der Waals surface area contributed by atoms with Crippen LogP contribution >= 0.6 is 0 Å². The summed E-state index contributed by atoms with van der Waals surface area (Å²) in [5.41, 5.74) is 1.31. The van der Waals surface area contributed by atoms with Gasteiger partial charge in [-0.1, -0.05) is 26.0 Å². The summed E-state index contributed by atoms with van der Waals surface area (Å²) in [6, 6.07) is 6.36. The van der Waals surface area contributed by atoms with Gasteiger partial charge in [0.2, 0.25) is 10.0 Å². The highest BCUT2D eigenvalue weighted by Gasteiger charge is 2.21. The molecule has 0 saturated heterocycles. The van der Waals surface area contributed by atoms with Crippen molar-refractivity contribution in [2.45, 2.75) is 31.7 Å². The first kappa shape index (κ1) is 19.1. The van der Waals surface area contributed by atoms with Crippen molar-refractivity contribution in [3.63, 3.8) is 0 Å². The Kier molecular flexibility index (Phi) is 5.97. The van der Waals surface area contributed by atoms with E-state index in [-0.39, 0.29) is 16.8 Å². The fraction of sp³-hybridized carbons (Fsp3) is 0.412. The van der Waals surface area contributed by atoms with Crippen LogP contribution in [0.15, 0.2) is 41.6 Å². The number of carbonyl (C=O) groups is 1. The third kappa shape index (κ3) is 4.26. The van der Waals surface area contributed by atoms with Gasteiger partial charge < -0.3 is 5.32 Å². The van der Waals surface area contributed by atoms with Crippen LogP contribution in [0.4, 0.5) is 0 Å². The maximum atomic E-state index is 12.5. The van der Waals surface area contributed by atoms with Crippen molar-refractivity contribution in [3.8, 4) is 0 Å². The van der Waals surface area contributed by atoms with Crippen LogP contribution in [0.2, 0.25) is 0 Å². The molecule has 2 aromatic rings. The second-order valence-electron chi connectivity index (χ2n) is 5.76. The van der Waals surface area contributed by atoms with Gasteiger partial charge in [-0.2, -0.15) is 9.40 Å². The van der Waals surface area contributed by atoms with Crippen LogP contribution in [0.25, 0.3) is 0 Å². The summed E-state index contributed by atoms with van der Waals surface area (Å²) >= 11 is 0. The van der Waals surface area contributed by atoms with Gasteiger partial charge in [0.1, 0.15) is 0 Å². The number of carbonyl (C=O) groups excluding carboxylic acids is 1. The molecule has 2 rings (SSSR count). The average Bonchev–Trinajstić information content (AvgIpc) is 3.02. The van der Waals surface area contributed by atoms with Crippen LogP contribution in [-0.2, 0) is 17.1 Å². The minimum atomic E-state index is -3.47. The molecule has 0 bridgehead atoms. The molecule has 0 spiro atoms. The molecule has 0 fully saturated rings. The molecular weight excluding hydrogens is 340 g/mol. The summed E-state index contributed by atoms with van der Waals surface area (Å²) in [6.07, 6.45) is 3.14. The molecule has 1 heterocycles. The maximum Gasteiger partial charge on any atom is 0.254 e. The van der Waals surface area contributed by atoms with Gasteiger partial charge in [-0.3, -0.25) is 9.48 Å². The Labute approximate surface area is 148 Å². The minimum absolute atomic E-state index is 0.222. The van der Waals surface area contributed by atoms with E-state index in [9.17, 15) is 13.2 Å². The predicted molar refractivity (Wildman–Crippen MR) is 95.6 cm³/mol. The zero-order valence-corrected chi connectivity index (χ0v) is 15.7. The Balaban J connectivity index is 2.12. The summed E-state index contributed by atoms with van der Waals surface area (Å²) in [5, 5.41) is 6.85. The Bertz CT molecular complexity index is 824. The van der Waals surface area contributed by atoms with E-state index in [1.54, 1.807) is 42.2 Å². The molecule has 1 atom stereocenters. The normalized spacial score (nSPS) is 13.0.